The standard InChI is InChI=1S/C30H35N7O8/c1-2-20(15-32-36-29(31)43)33-27(41)23-13-19-10-6-9-18-11-12-21(28(42)37(23)25(18)19)34-26(40)22(14-24(38)39)35-30(44)45-16-17-7-4-3-5-8-17/h3-10,15,20-23H,2,11-14,16H2,1H3,(H,33,41)(H,34,40)(H,35,44)(H,38,39)(H3,31,36,43)/b32-15-/t20-,21-,22-,23-/m0/s1. The van der Waals surface area contributed by atoms with Crippen molar-refractivity contribution in [3.63, 3.8) is 0 Å². The second-order valence-electron chi connectivity index (χ2n) is 10.6. The van der Waals surface area contributed by atoms with Crippen LogP contribution in [0.5, 0.6) is 0 Å². The van der Waals surface area contributed by atoms with E-state index >= 15 is 0 Å². The number of hydrogen-bond acceptors (Lipinski definition) is 8. The number of hydrogen-bond donors (Lipinski definition) is 6. The number of nitrogens with zero attached hydrogens (tertiary/aromatic N) is 2. The lowest BCUT2D eigenvalue weighted by Crippen LogP contribution is -2.58. The fourth-order valence-electron chi connectivity index (χ4n) is 5.25. The lowest BCUT2D eigenvalue weighted by atomic mass is 10.0. The lowest BCUT2D eigenvalue weighted by Gasteiger charge is -2.29. The quantitative estimate of drug-likeness (QED) is 0.146. The molecule has 0 radical (unpaired) electrons. The Morgan fingerprint density at radius 3 is 2.51 bits per heavy atom. The zero-order valence-corrected chi connectivity index (χ0v) is 24.5. The number of rotatable bonds is 12. The summed E-state index contributed by atoms with van der Waals surface area (Å²) in [6.45, 7) is 1.70. The fraction of sp³-hybridized carbons (Fsp3) is 0.367. The summed E-state index contributed by atoms with van der Waals surface area (Å²) in [6, 6.07) is 9.27. The first-order valence-corrected chi connectivity index (χ1v) is 14.4. The molecule has 2 aliphatic heterocycles. The van der Waals surface area contributed by atoms with Crippen LogP contribution in [0.1, 0.15) is 42.9 Å². The smallest absolute Gasteiger partial charge is 0.408 e. The molecule has 0 unspecified atom stereocenters. The van der Waals surface area contributed by atoms with E-state index in [2.05, 4.69) is 26.5 Å². The van der Waals surface area contributed by atoms with Gasteiger partial charge in [-0.25, -0.2) is 15.0 Å². The van der Waals surface area contributed by atoms with Crippen LogP contribution in [-0.2, 0) is 43.4 Å². The van der Waals surface area contributed by atoms with Crippen LogP contribution in [0.2, 0.25) is 0 Å². The molecule has 0 spiro atoms. The first kappa shape index (κ1) is 32.4. The van der Waals surface area contributed by atoms with Gasteiger partial charge in [0.1, 0.15) is 24.7 Å². The van der Waals surface area contributed by atoms with E-state index < -0.39 is 66.4 Å². The van der Waals surface area contributed by atoms with Crippen molar-refractivity contribution in [3.05, 3.63) is 65.2 Å². The molecule has 15 heteroatoms. The van der Waals surface area contributed by atoms with Gasteiger partial charge in [0.25, 0.3) is 0 Å². The fourth-order valence-corrected chi connectivity index (χ4v) is 5.25. The minimum absolute atomic E-state index is 0.0966. The molecule has 0 saturated carbocycles. The average molecular weight is 622 g/mol. The van der Waals surface area contributed by atoms with Crippen molar-refractivity contribution in [2.75, 3.05) is 4.90 Å². The first-order chi connectivity index (χ1) is 21.6. The molecule has 4 rings (SSSR count). The summed E-state index contributed by atoms with van der Waals surface area (Å²) >= 11 is 0. The van der Waals surface area contributed by atoms with Crippen LogP contribution in [0.15, 0.2) is 53.6 Å². The van der Waals surface area contributed by atoms with Crippen LogP contribution in [0, 0.1) is 0 Å². The van der Waals surface area contributed by atoms with Crippen LogP contribution in [0.4, 0.5) is 15.3 Å². The highest BCUT2D eigenvalue weighted by atomic mass is 16.5. The second kappa shape index (κ2) is 14.8. The molecule has 6 amide bonds. The molecular weight excluding hydrogens is 586 g/mol. The van der Waals surface area contributed by atoms with E-state index in [0.717, 1.165) is 11.1 Å². The number of alkyl carbamates (subject to hydrolysis) is 1. The van der Waals surface area contributed by atoms with Gasteiger partial charge in [-0.1, -0.05) is 55.5 Å². The summed E-state index contributed by atoms with van der Waals surface area (Å²) in [6.07, 6.45) is 0.794. The Kier molecular flexibility index (Phi) is 10.7. The Labute approximate surface area is 258 Å². The molecule has 15 nitrogen and oxygen atoms in total. The topological polar surface area (TPSA) is 222 Å². The monoisotopic (exact) mass is 621 g/mol. The second-order valence-corrected chi connectivity index (χ2v) is 10.6. The predicted molar refractivity (Wildman–Crippen MR) is 161 cm³/mol. The van der Waals surface area contributed by atoms with Gasteiger partial charge < -0.3 is 31.5 Å². The van der Waals surface area contributed by atoms with Gasteiger partial charge in [-0.2, -0.15) is 5.10 Å². The maximum absolute atomic E-state index is 14.0. The van der Waals surface area contributed by atoms with E-state index in [1.54, 1.807) is 37.3 Å². The maximum Gasteiger partial charge on any atom is 0.408 e. The number of amides is 6. The Hall–Kier alpha value is -5.47. The number of carboxylic acids is 1. The van der Waals surface area contributed by atoms with E-state index in [9.17, 15) is 33.9 Å². The van der Waals surface area contributed by atoms with E-state index in [0.29, 0.717) is 24.1 Å². The Bertz CT molecular complexity index is 1480. The number of para-hydroxylation sites is 1. The summed E-state index contributed by atoms with van der Waals surface area (Å²) in [4.78, 5) is 77.0. The number of aliphatic carboxylic acids is 1. The number of hydrazone groups is 1. The molecule has 45 heavy (non-hydrogen) atoms. The Morgan fingerprint density at radius 1 is 1.09 bits per heavy atom. The number of aryl methyl sites for hydroxylation is 1. The highest BCUT2D eigenvalue weighted by Crippen LogP contribution is 2.39. The van der Waals surface area contributed by atoms with Crippen molar-refractivity contribution >= 4 is 47.7 Å². The SMILES string of the molecule is CC[C@@H](/C=N\NC(N)=O)NC(=O)[C@@H]1Cc2cccc3c2N1C(=O)[C@@H](NC(=O)[C@H](CC(=O)O)NC(=O)OCc1ccccc1)CC3. The molecule has 0 fully saturated rings. The Morgan fingerprint density at radius 2 is 1.82 bits per heavy atom. The van der Waals surface area contributed by atoms with Crippen molar-refractivity contribution in [3.8, 4) is 0 Å². The van der Waals surface area contributed by atoms with Crippen molar-refractivity contribution in [1.82, 2.24) is 21.4 Å². The summed E-state index contributed by atoms with van der Waals surface area (Å²) in [5.41, 5.74) is 9.99. The normalized spacial score (nSPS) is 18.2. The number of nitrogens with one attached hydrogen (secondary N) is 4. The molecule has 0 aromatic heterocycles. The molecule has 2 aromatic rings. The van der Waals surface area contributed by atoms with Crippen LogP contribution >= 0.6 is 0 Å². The van der Waals surface area contributed by atoms with Gasteiger partial charge in [0.05, 0.1) is 18.2 Å². The van der Waals surface area contributed by atoms with Gasteiger partial charge in [0, 0.05) is 12.6 Å². The number of ether oxygens (including phenoxy) is 1. The zero-order chi connectivity index (χ0) is 32.5. The maximum atomic E-state index is 14.0. The highest BCUT2D eigenvalue weighted by molar-refractivity contribution is 6.08. The van der Waals surface area contributed by atoms with Crippen molar-refractivity contribution in [2.24, 2.45) is 10.8 Å². The number of benzene rings is 2. The molecule has 2 aliphatic rings. The van der Waals surface area contributed by atoms with Gasteiger partial charge in [0.2, 0.25) is 17.7 Å². The molecule has 2 aromatic carbocycles. The number of urea groups is 1. The van der Waals surface area contributed by atoms with E-state index in [-0.39, 0.29) is 19.4 Å². The number of carbonyl (C=O) groups excluding carboxylic acids is 5. The van der Waals surface area contributed by atoms with E-state index in [4.69, 9.17) is 10.5 Å². The first-order valence-electron chi connectivity index (χ1n) is 14.4. The minimum Gasteiger partial charge on any atom is -0.481 e. The minimum atomic E-state index is -1.53. The Balaban J connectivity index is 1.48. The third kappa shape index (κ3) is 8.34. The number of carbonyl (C=O) groups is 6. The molecule has 238 valence electrons. The summed E-state index contributed by atoms with van der Waals surface area (Å²) in [7, 11) is 0. The van der Waals surface area contributed by atoms with Crippen LogP contribution < -0.4 is 32.0 Å². The van der Waals surface area contributed by atoms with Gasteiger partial charge >= 0.3 is 18.1 Å². The molecule has 2 heterocycles. The van der Waals surface area contributed by atoms with Crippen LogP contribution in [-0.4, -0.2) is 71.3 Å². The van der Waals surface area contributed by atoms with Gasteiger partial charge in [0.15, 0.2) is 0 Å². The highest BCUT2D eigenvalue weighted by Gasteiger charge is 2.44. The van der Waals surface area contributed by atoms with Gasteiger partial charge in [-0.15, -0.1) is 0 Å². The molecule has 7 N–H and O–H groups in total. The number of anilines is 1. The summed E-state index contributed by atoms with van der Waals surface area (Å²) in [5, 5.41) is 20.8. The van der Waals surface area contributed by atoms with Gasteiger partial charge in [-0.05, 0) is 36.0 Å². The molecule has 4 atom stereocenters. The largest absolute Gasteiger partial charge is 0.481 e. The molecular formula is C30H35N7O8. The number of primary amides is 1. The van der Waals surface area contributed by atoms with Gasteiger partial charge in [-0.3, -0.25) is 24.1 Å². The number of nitrogens with two attached hydrogens (primary N) is 1. The number of carboxylic acid groups (broad SMARTS) is 1. The van der Waals surface area contributed by atoms with Crippen molar-refractivity contribution < 1.29 is 38.6 Å². The molecule has 0 aliphatic carbocycles. The van der Waals surface area contributed by atoms with Crippen molar-refractivity contribution in [2.45, 2.75) is 69.8 Å². The third-order valence-corrected chi connectivity index (χ3v) is 7.42. The van der Waals surface area contributed by atoms with Crippen LogP contribution in [0.25, 0.3) is 0 Å². The van der Waals surface area contributed by atoms with Crippen LogP contribution in [0.3, 0.4) is 0 Å². The molecule has 0 saturated heterocycles. The summed E-state index contributed by atoms with van der Waals surface area (Å²) < 4.78 is 5.14. The zero-order valence-electron chi connectivity index (χ0n) is 24.5. The summed E-state index contributed by atoms with van der Waals surface area (Å²) in [5.74, 6) is -3.26. The van der Waals surface area contributed by atoms with E-state index in [1.165, 1.54) is 11.1 Å². The predicted octanol–water partition coefficient (Wildman–Crippen LogP) is 0.694. The van der Waals surface area contributed by atoms with Crippen molar-refractivity contribution in [1.29, 1.82) is 0 Å². The third-order valence-electron chi connectivity index (χ3n) is 7.42. The molecule has 0 bridgehead atoms. The average Bonchev–Trinajstić information content (AvgIpc) is 3.35. The lowest BCUT2D eigenvalue weighted by molar-refractivity contribution is -0.140. The van der Waals surface area contributed by atoms with E-state index in [1.807, 2.05) is 18.2 Å².